The summed E-state index contributed by atoms with van der Waals surface area (Å²) in [7, 11) is 0. The molecule has 1 aliphatic carbocycles. The number of amidine groups is 1. The van der Waals surface area contributed by atoms with Crippen LogP contribution in [-0.2, 0) is 5.54 Å². The largest absolute Gasteiger partial charge is 0.378 e. The maximum absolute atomic E-state index is 6.28. The van der Waals surface area contributed by atoms with Gasteiger partial charge < -0.3 is 5.73 Å². The second-order valence-electron chi connectivity index (χ2n) is 7.55. The monoisotopic (exact) mass is 380 g/mol. The highest BCUT2D eigenvalue weighted by molar-refractivity contribution is 8.15. The number of nitrogens with two attached hydrogens (primary N) is 1. The average Bonchev–Trinajstić information content (AvgIpc) is 3.25. The van der Waals surface area contributed by atoms with Gasteiger partial charge in [-0.1, -0.05) is 42.7 Å². The lowest BCUT2D eigenvalue weighted by Gasteiger charge is -2.40. The molecule has 0 amide bonds. The standard InChI is InChI=1S/C22H24N2S2/c1-3-7-16-8-6-9-17(12-16)18-13-19(25-14-18)21(2)15-22(10-4-5-11-22)26-20(23)24-21/h6,8-9,12-14H,4-5,10-11,15H2,1-2H3,(H2,23,24). The van der Waals surface area contributed by atoms with Crippen LogP contribution in [0.3, 0.4) is 0 Å². The fourth-order valence-corrected chi connectivity index (χ4v) is 6.88. The molecule has 0 saturated heterocycles. The van der Waals surface area contributed by atoms with Crippen LogP contribution >= 0.6 is 23.1 Å². The molecule has 1 spiro atoms. The first-order valence-electron chi connectivity index (χ1n) is 9.19. The summed E-state index contributed by atoms with van der Waals surface area (Å²) in [6, 6.07) is 10.8. The van der Waals surface area contributed by atoms with Crippen LogP contribution in [0.2, 0.25) is 0 Å². The fraction of sp³-hybridized carbons (Fsp3) is 0.409. The molecule has 1 saturated carbocycles. The van der Waals surface area contributed by atoms with Crippen molar-refractivity contribution in [2.45, 2.75) is 56.2 Å². The van der Waals surface area contributed by atoms with Crippen LogP contribution in [0, 0.1) is 11.8 Å². The van der Waals surface area contributed by atoms with E-state index in [0.717, 1.165) is 17.2 Å². The molecule has 4 heteroatoms. The van der Waals surface area contributed by atoms with Gasteiger partial charge in [-0.25, -0.2) is 0 Å². The summed E-state index contributed by atoms with van der Waals surface area (Å²) in [5.41, 5.74) is 9.60. The van der Waals surface area contributed by atoms with Crippen molar-refractivity contribution in [2.24, 2.45) is 10.7 Å². The van der Waals surface area contributed by atoms with E-state index in [1.807, 2.05) is 18.7 Å². The van der Waals surface area contributed by atoms with Crippen LogP contribution < -0.4 is 5.73 Å². The van der Waals surface area contributed by atoms with E-state index in [4.69, 9.17) is 10.7 Å². The third-order valence-electron chi connectivity index (χ3n) is 5.45. The van der Waals surface area contributed by atoms with Crippen molar-refractivity contribution >= 4 is 28.3 Å². The first kappa shape index (κ1) is 17.7. The van der Waals surface area contributed by atoms with Crippen LogP contribution in [0.15, 0.2) is 40.7 Å². The van der Waals surface area contributed by atoms with Crippen LogP contribution in [0.4, 0.5) is 0 Å². The highest BCUT2D eigenvalue weighted by atomic mass is 32.2. The maximum atomic E-state index is 6.28. The van der Waals surface area contributed by atoms with Crippen molar-refractivity contribution in [2.75, 3.05) is 0 Å². The Hall–Kier alpha value is -1.70. The summed E-state index contributed by atoms with van der Waals surface area (Å²) in [6.07, 6.45) is 6.25. The van der Waals surface area contributed by atoms with E-state index in [-0.39, 0.29) is 5.54 Å². The van der Waals surface area contributed by atoms with Gasteiger partial charge in [0.05, 0.1) is 5.54 Å². The topological polar surface area (TPSA) is 38.4 Å². The van der Waals surface area contributed by atoms with Gasteiger partial charge in [0.25, 0.3) is 0 Å². The summed E-state index contributed by atoms with van der Waals surface area (Å²) in [6.45, 7) is 4.13. The normalized spacial score (nSPS) is 24.2. The Bertz CT molecular complexity index is 909. The minimum atomic E-state index is -0.205. The van der Waals surface area contributed by atoms with Crippen molar-refractivity contribution in [3.63, 3.8) is 0 Å². The van der Waals surface area contributed by atoms with E-state index >= 15 is 0 Å². The highest BCUT2D eigenvalue weighted by Crippen LogP contribution is 2.54. The van der Waals surface area contributed by atoms with E-state index in [0.29, 0.717) is 4.75 Å². The second kappa shape index (κ2) is 6.79. The summed E-state index contributed by atoms with van der Waals surface area (Å²) in [4.78, 5) is 6.22. The molecule has 0 radical (unpaired) electrons. The van der Waals surface area contributed by atoms with Crippen molar-refractivity contribution < 1.29 is 0 Å². The zero-order valence-corrected chi connectivity index (χ0v) is 17.0. The van der Waals surface area contributed by atoms with Gasteiger partial charge in [-0.15, -0.1) is 17.3 Å². The summed E-state index contributed by atoms with van der Waals surface area (Å²) in [5.74, 6) is 6.12. The number of thiophene rings is 1. The third kappa shape index (κ3) is 3.31. The summed E-state index contributed by atoms with van der Waals surface area (Å²) >= 11 is 3.63. The lowest BCUT2D eigenvalue weighted by Crippen LogP contribution is -2.39. The van der Waals surface area contributed by atoms with E-state index < -0.39 is 0 Å². The Morgan fingerprint density at radius 3 is 2.73 bits per heavy atom. The molecule has 2 heterocycles. The molecule has 1 fully saturated rings. The second-order valence-corrected chi connectivity index (χ2v) is 9.95. The van der Waals surface area contributed by atoms with E-state index in [9.17, 15) is 0 Å². The molecule has 0 bridgehead atoms. The molecule has 1 aromatic carbocycles. The van der Waals surface area contributed by atoms with E-state index in [1.165, 1.54) is 41.7 Å². The number of nitrogens with zero attached hydrogens (tertiary/aromatic N) is 1. The molecule has 1 aromatic heterocycles. The Morgan fingerprint density at radius 2 is 1.96 bits per heavy atom. The number of hydrogen-bond acceptors (Lipinski definition) is 4. The zero-order valence-electron chi connectivity index (χ0n) is 15.3. The van der Waals surface area contributed by atoms with Crippen molar-refractivity contribution in [3.8, 4) is 23.0 Å². The van der Waals surface area contributed by atoms with Crippen LogP contribution in [0.5, 0.6) is 0 Å². The maximum Gasteiger partial charge on any atom is 0.155 e. The van der Waals surface area contributed by atoms with Gasteiger partial charge in [0.15, 0.2) is 5.17 Å². The molecule has 1 atom stereocenters. The molecule has 1 aliphatic heterocycles. The molecule has 2 aliphatic rings. The van der Waals surface area contributed by atoms with Crippen LogP contribution in [0.1, 0.15) is 56.4 Å². The lowest BCUT2D eigenvalue weighted by atomic mass is 9.85. The van der Waals surface area contributed by atoms with E-state index in [2.05, 4.69) is 54.5 Å². The van der Waals surface area contributed by atoms with Gasteiger partial charge >= 0.3 is 0 Å². The first-order chi connectivity index (χ1) is 12.5. The molecule has 2 N–H and O–H groups in total. The molecule has 2 aromatic rings. The Kier molecular flexibility index (Phi) is 4.62. The van der Waals surface area contributed by atoms with Crippen LogP contribution in [0.25, 0.3) is 11.1 Å². The zero-order chi connectivity index (χ0) is 18.2. The van der Waals surface area contributed by atoms with Gasteiger partial charge in [0.1, 0.15) is 0 Å². The highest BCUT2D eigenvalue weighted by Gasteiger charge is 2.46. The quantitative estimate of drug-likeness (QED) is 0.672. The molecule has 4 rings (SSSR count). The van der Waals surface area contributed by atoms with Crippen molar-refractivity contribution in [1.29, 1.82) is 0 Å². The lowest BCUT2D eigenvalue weighted by molar-refractivity contribution is 0.382. The smallest absolute Gasteiger partial charge is 0.155 e. The number of hydrogen-bond donors (Lipinski definition) is 1. The molecular formula is C22H24N2S2. The average molecular weight is 381 g/mol. The Morgan fingerprint density at radius 1 is 1.15 bits per heavy atom. The first-order valence-corrected chi connectivity index (χ1v) is 10.9. The molecule has 134 valence electrons. The number of rotatable bonds is 2. The SMILES string of the molecule is CC#Cc1cccc(-c2csc(C3(C)CC4(CCCC4)SC(N)=N3)c2)c1. The Labute approximate surface area is 164 Å². The van der Waals surface area contributed by atoms with Crippen molar-refractivity contribution in [3.05, 3.63) is 46.2 Å². The number of thioether (sulfide) groups is 1. The summed E-state index contributed by atoms with van der Waals surface area (Å²) < 4.78 is 0.293. The number of benzene rings is 1. The van der Waals surface area contributed by atoms with Crippen molar-refractivity contribution in [1.82, 2.24) is 0 Å². The van der Waals surface area contributed by atoms with Gasteiger partial charge in [-0.2, -0.15) is 0 Å². The van der Waals surface area contributed by atoms with Crippen LogP contribution in [-0.4, -0.2) is 9.91 Å². The van der Waals surface area contributed by atoms with E-state index in [1.54, 1.807) is 11.3 Å². The van der Waals surface area contributed by atoms with Gasteiger partial charge in [0, 0.05) is 15.2 Å². The molecular weight excluding hydrogens is 356 g/mol. The third-order valence-corrected chi connectivity index (χ3v) is 7.92. The summed E-state index contributed by atoms with van der Waals surface area (Å²) in [5, 5.41) is 3.00. The molecule has 2 nitrogen and oxygen atoms in total. The van der Waals surface area contributed by atoms with Gasteiger partial charge in [-0.05, 0) is 67.8 Å². The predicted molar refractivity (Wildman–Crippen MR) is 115 cm³/mol. The van der Waals surface area contributed by atoms with Gasteiger partial charge in [0.2, 0.25) is 0 Å². The minimum Gasteiger partial charge on any atom is -0.378 e. The minimum absolute atomic E-state index is 0.205. The predicted octanol–water partition coefficient (Wildman–Crippen LogP) is 5.77. The fourth-order valence-electron chi connectivity index (χ4n) is 4.32. The molecule has 1 unspecified atom stereocenters. The Balaban J connectivity index is 1.67. The van der Waals surface area contributed by atoms with Gasteiger partial charge in [-0.3, -0.25) is 4.99 Å². The number of aliphatic imine (C=N–C) groups is 1. The molecule has 26 heavy (non-hydrogen) atoms.